The zero-order chi connectivity index (χ0) is 16.0. The monoisotopic (exact) mass is 294 g/mol. The van der Waals surface area contributed by atoms with E-state index in [1.165, 1.54) is 19.1 Å². The minimum Gasteiger partial charge on any atom is -0.507 e. The van der Waals surface area contributed by atoms with Crippen molar-refractivity contribution in [2.75, 3.05) is 6.54 Å². The molecule has 0 spiro atoms. The predicted octanol–water partition coefficient (Wildman–Crippen LogP) is 0.410. The van der Waals surface area contributed by atoms with Gasteiger partial charge in [0, 0.05) is 13.0 Å². The van der Waals surface area contributed by atoms with E-state index in [-0.39, 0.29) is 24.3 Å². The second-order valence-electron chi connectivity index (χ2n) is 4.65. The highest BCUT2D eigenvalue weighted by Gasteiger charge is 2.14. The molecule has 0 aromatic heterocycles. The molecule has 21 heavy (non-hydrogen) atoms. The molecule has 0 aliphatic carbocycles. The summed E-state index contributed by atoms with van der Waals surface area (Å²) in [6, 6.07) is 3.67. The fourth-order valence-corrected chi connectivity index (χ4v) is 1.59. The third-order valence-electron chi connectivity index (χ3n) is 2.78. The standard InChI is InChI=1S/C14H18N2O5/c1-8-3-4-10(11(17)7-8)13(19)15-6-5-12(18)16-9(2)14(20)21/h3-4,7,9,17H,5-6H2,1-2H3,(H,15,19)(H,16,18)(H,20,21). The van der Waals surface area contributed by atoms with Crippen molar-refractivity contribution in [3.05, 3.63) is 29.3 Å². The van der Waals surface area contributed by atoms with Crippen LogP contribution in [-0.2, 0) is 9.59 Å². The van der Waals surface area contributed by atoms with E-state index in [0.717, 1.165) is 5.56 Å². The van der Waals surface area contributed by atoms with Crippen molar-refractivity contribution >= 4 is 17.8 Å². The summed E-state index contributed by atoms with van der Waals surface area (Å²) in [5, 5.41) is 23.0. The molecule has 114 valence electrons. The molecule has 7 heteroatoms. The number of aliphatic carboxylic acids is 1. The maximum Gasteiger partial charge on any atom is 0.325 e. The number of nitrogens with one attached hydrogen (secondary N) is 2. The largest absolute Gasteiger partial charge is 0.507 e. The van der Waals surface area contributed by atoms with Crippen LogP contribution in [0.3, 0.4) is 0 Å². The molecule has 0 bridgehead atoms. The Hall–Kier alpha value is -2.57. The minimum atomic E-state index is -1.13. The molecule has 0 saturated carbocycles. The van der Waals surface area contributed by atoms with Gasteiger partial charge in [-0.25, -0.2) is 0 Å². The van der Waals surface area contributed by atoms with Gasteiger partial charge in [0.05, 0.1) is 5.56 Å². The molecular formula is C14H18N2O5. The average Bonchev–Trinajstić information content (AvgIpc) is 2.38. The van der Waals surface area contributed by atoms with Crippen molar-refractivity contribution in [3.63, 3.8) is 0 Å². The Bertz CT molecular complexity index is 556. The molecule has 1 atom stereocenters. The van der Waals surface area contributed by atoms with Crippen LogP contribution >= 0.6 is 0 Å². The Morgan fingerprint density at radius 2 is 1.95 bits per heavy atom. The molecule has 0 aliphatic heterocycles. The molecular weight excluding hydrogens is 276 g/mol. The van der Waals surface area contributed by atoms with Gasteiger partial charge in [-0.1, -0.05) is 6.07 Å². The van der Waals surface area contributed by atoms with Crippen LogP contribution in [0.1, 0.15) is 29.3 Å². The molecule has 0 heterocycles. The zero-order valence-electron chi connectivity index (χ0n) is 11.8. The highest BCUT2D eigenvalue weighted by Crippen LogP contribution is 2.17. The van der Waals surface area contributed by atoms with Gasteiger partial charge in [-0.05, 0) is 31.5 Å². The maximum absolute atomic E-state index is 11.8. The van der Waals surface area contributed by atoms with Gasteiger partial charge in [0.2, 0.25) is 5.91 Å². The number of benzene rings is 1. The van der Waals surface area contributed by atoms with Crippen molar-refractivity contribution in [1.29, 1.82) is 0 Å². The lowest BCUT2D eigenvalue weighted by atomic mass is 10.1. The number of phenolic OH excluding ortho intramolecular Hbond substituents is 1. The number of carboxylic acid groups (broad SMARTS) is 1. The molecule has 1 rings (SSSR count). The molecule has 1 unspecified atom stereocenters. The van der Waals surface area contributed by atoms with E-state index in [0.29, 0.717) is 0 Å². The summed E-state index contributed by atoms with van der Waals surface area (Å²) in [5.74, 6) is -2.22. The van der Waals surface area contributed by atoms with E-state index in [4.69, 9.17) is 5.11 Å². The van der Waals surface area contributed by atoms with Crippen molar-refractivity contribution in [3.8, 4) is 5.75 Å². The van der Waals surface area contributed by atoms with E-state index in [1.54, 1.807) is 13.0 Å². The second-order valence-corrected chi connectivity index (χ2v) is 4.65. The van der Waals surface area contributed by atoms with Gasteiger partial charge in [0.1, 0.15) is 11.8 Å². The third-order valence-corrected chi connectivity index (χ3v) is 2.78. The summed E-state index contributed by atoms with van der Waals surface area (Å²) in [7, 11) is 0. The summed E-state index contributed by atoms with van der Waals surface area (Å²) >= 11 is 0. The molecule has 0 aliphatic rings. The number of hydrogen-bond donors (Lipinski definition) is 4. The van der Waals surface area contributed by atoms with Crippen LogP contribution < -0.4 is 10.6 Å². The number of carbonyl (C=O) groups excluding carboxylic acids is 2. The lowest BCUT2D eigenvalue weighted by Gasteiger charge is -2.10. The molecule has 1 aromatic carbocycles. The summed E-state index contributed by atoms with van der Waals surface area (Å²) in [4.78, 5) is 33.8. The number of phenols is 1. The van der Waals surface area contributed by atoms with Crippen LogP contribution in [0.2, 0.25) is 0 Å². The Kier molecular flexibility index (Phi) is 5.71. The van der Waals surface area contributed by atoms with E-state index in [1.807, 2.05) is 0 Å². The Labute approximate surface area is 122 Å². The number of hydrogen-bond acceptors (Lipinski definition) is 4. The van der Waals surface area contributed by atoms with Gasteiger partial charge < -0.3 is 20.8 Å². The van der Waals surface area contributed by atoms with Crippen LogP contribution in [0.5, 0.6) is 5.75 Å². The van der Waals surface area contributed by atoms with Gasteiger partial charge in [0.25, 0.3) is 5.91 Å². The smallest absolute Gasteiger partial charge is 0.325 e. The minimum absolute atomic E-state index is 0.0457. The molecule has 4 N–H and O–H groups in total. The number of aryl methyl sites for hydroxylation is 1. The summed E-state index contributed by atoms with van der Waals surface area (Å²) < 4.78 is 0. The molecule has 0 saturated heterocycles. The molecule has 0 fully saturated rings. The first kappa shape index (κ1) is 16.5. The highest BCUT2D eigenvalue weighted by molar-refractivity contribution is 5.97. The number of aromatic hydroxyl groups is 1. The lowest BCUT2D eigenvalue weighted by molar-refractivity contribution is -0.141. The van der Waals surface area contributed by atoms with Crippen LogP contribution in [0.15, 0.2) is 18.2 Å². The van der Waals surface area contributed by atoms with E-state index < -0.39 is 23.8 Å². The van der Waals surface area contributed by atoms with Gasteiger partial charge in [-0.3, -0.25) is 14.4 Å². The zero-order valence-corrected chi connectivity index (χ0v) is 11.8. The summed E-state index contributed by atoms with van der Waals surface area (Å²) in [6.45, 7) is 3.18. The lowest BCUT2D eigenvalue weighted by Crippen LogP contribution is -2.39. The SMILES string of the molecule is Cc1ccc(C(=O)NCCC(=O)NC(C)C(=O)O)c(O)c1. The topological polar surface area (TPSA) is 116 Å². The number of amides is 2. The van der Waals surface area contributed by atoms with Gasteiger partial charge in [-0.15, -0.1) is 0 Å². The van der Waals surface area contributed by atoms with Gasteiger partial charge in [0.15, 0.2) is 0 Å². The van der Waals surface area contributed by atoms with Crippen molar-refractivity contribution in [1.82, 2.24) is 10.6 Å². The first-order valence-electron chi connectivity index (χ1n) is 6.41. The van der Waals surface area contributed by atoms with Crippen molar-refractivity contribution in [2.45, 2.75) is 26.3 Å². The second kappa shape index (κ2) is 7.28. The van der Waals surface area contributed by atoms with Crippen LogP contribution in [-0.4, -0.2) is 40.6 Å². The number of rotatable bonds is 6. The van der Waals surface area contributed by atoms with E-state index in [2.05, 4.69) is 10.6 Å². The number of carboxylic acids is 1. The van der Waals surface area contributed by atoms with Gasteiger partial charge >= 0.3 is 5.97 Å². The molecule has 0 radical (unpaired) electrons. The molecule has 1 aromatic rings. The van der Waals surface area contributed by atoms with Crippen LogP contribution in [0.4, 0.5) is 0 Å². The van der Waals surface area contributed by atoms with E-state index >= 15 is 0 Å². The van der Waals surface area contributed by atoms with Crippen LogP contribution in [0.25, 0.3) is 0 Å². The third kappa shape index (κ3) is 5.13. The quantitative estimate of drug-likeness (QED) is 0.606. The summed E-state index contributed by atoms with van der Waals surface area (Å²) in [6.07, 6.45) is -0.0457. The maximum atomic E-state index is 11.8. The number of carbonyl (C=O) groups is 3. The Morgan fingerprint density at radius 1 is 1.29 bits per heavy atom. The fourth-order valence-electron chi connectivity index (χ4n) is 1.59. The average molecular weight is 294 g/mol. The van der Waals surface area contributed by atoms with Crippen LogP contribution in [0, 0.1) is 6.92 Å². The van der Waals surface area contributed by atoms with E-state index in [9.17, 15) is 19.5 Å². The highest BCUT2D eigenvalue weighted by atomic mass is 16.4. The summed E-state index contributed by atoms with van der Waals surface area (Å²) in [5.41, 5.74) is 0.950. The first-order valence-corrected chi connectivity index (χ1v) is 6.41. The van der Waals surface area contributed by atoms with Gasteiger partial charge in [-0.2, -0.15) is 0 Å². The fraction of sp³-hybridized carbons (Fsp3) is 0.357. The van der Waals surface area contributed by atoms with Crippen molar-refractivity contribution < 1.29 is 24.6 Å². The Morgan fingerprint density at radius 3 is 2.52 bits per heavy atom. The Balaban J connectivity index is 2.43. The molecule has 2 amide bonds. The van der Waals surface area contributed by atoms with Crippen molar-refractivity contribution in [2.24, 2.45) is 0 Å². The first-order chi connectivity index (χ1) is 9.81. The molecule has 7 nitrogen and oxygen atoms in total. The normalized spacial score (nSPS) is 11.5. The predicted molar refractivity (Wildman–Crippen MR) is 75.0 cm³/mol.